The molecule has 1 saturated heterocycles. The first-order valence-electron chi connectivity index (χ1n) is 9.87. The molecule has 6 heteroatoms. The summed E-state index contributed by atoms with van der Waals surface area (Å²) < 4.78 is 0. The van der Waals surface area contributed by atoms with E-state index in [0.29, 0.717) is 0 Å². The molecular weight excluding hydrogens is 338 g/mol. The van der Waals surface area contributed by atoms with Crippen LogP contribution < -0.4 is 15.5 Å². The molecule has 0 unspecified atom stereocenters. The SMILES string of the molecule is Cc1ccc(Nc2ccnc(N3CCC(C(=O)NCC4CC4)CC3)n2)cc1. The predicted octanol–water partition coefficient (Wildman–Crippen LogP) is 3.27. The molecule has 0 bridgehead atoms. The van der Waals surface area contributed by atoms with E-state index in [4.69, 9.17) is 0 Å². The number of nitrogens with zero attached hydrogens (tertiary/aromatic N) is 3. The van der Waals surface area contributed by atoms with Crippen molar-refractivity contribution in [2.24, 2.45) is 11.8 Å². The largest absolute Gasteiger partial charge is 0.356 e. The number of hydrogen-bond acceptors (Lipinski definition) is 5. The van der Waals surface area contributed by atoms with Crippen LogP contribution in [0.5, 0.6) is 0 Å². The van der Waals surface area contributed by atoms with Crippen molar-refractivity contribution in [3.8, 4) is 0 Å². The fourth-order valence-corrected chi connectivity index (χ4v) is 3.41. The first-order valence-corrected chi connectivity index (χ1v) is 9.87. The normalized spacial score (nSPS) is 17.6. The summed E-state index contributed by atoms with van der Waals surface area (Å²) in [5, 5.41) is 6.44. The maximum absolute atomic E-state index is 12.3. The van der Waals surface area contributed by atoms with Gasteiger partial charge in [-0.3, -0.25) is 4.79 Å². The number of amides is 1. The highest BCUT2D eigenvalue weighted by molar-refractivity contribution is 5.79. The van der Waals surface area contributed by atoms with Crippen LogP contribution in [0.15, 0.2) is 36.5 Å². The third kappa shape index (κ3) is 4.76. The molecule has 2 aromatic rings. The second kappa shape index (κ2) is 7.94. The number of aryl methyl sites for hydroxylation is 1. The van der Waals surface area contributed by atoms with E-state index in [9.17, 15) is 4.79 Å². The molecule has 142 valence electrons. The Morgan fingerprint density at radius 3 is 2.56 bits per heavy atom. The Labute approximate surface area is 160 Å². The fourth-order valence-electron chi connectivity index (χ4n) is 3.41. The lowest BCUT2D eigenvalue weighted by Crippen LogP contribution is -2.41. The van der Waals surface area contributed by atoms with E-state index in [2.05, 4.69) is 44.6 Å². The van der Waals surface area contributed by atoms with Crippen molar-refractivity contribution >= 4 is 23.4 Å². The van der Waals surface area contributed by atoms with Gasteiger partial charge in [0.2, 0.25) is 11.9 Å². The second-order valence-electron chi connectivity index (χ2n) is 7.68. The third-order valence-corrected chi connectivity index (χ3v) is 5.38. The molecule has 0 atom stereocenters. The number of carbonyl (C=O) groups excluding carboxylic acids is 1. The van der Waals surface area contributed by atoms with Gasteiger partial charge in [-0.2, -0.15) is 4.98 Å². The Hall–Kier alpha value is -2.63. The molecule has 1 aliphatic heterocycles. The molecule has 2 fully saturated rings. The molecule has 1 aromatic heterocycles. The Morgan fingerprint density at radius 1 is 1.11 bits per heavy atom. The maximum Gasteiger partial charge on any atom is 0.227 e. The van der Waals surface area contributed by atoms with E-state index in [-0.39, 0.29) is 11.8 Å². The van der Waals surface area contributed by atoms with Crippen LogP contribution in [0.4, 0.5) is 17.5 Å². The van der Waals surface area contributed by atoms with Gasteiger partial charge in [0.15, 0.2) is 0 Å². The fraction of sp³-hybridized carbons (Fsp3) is 0.476. The van der Waals surface area contributed by atoms with E-state index in [1.807, 2.05) is 18.2 Å². The van der Waals surface area contributed by atoms with Gasteiger partial charge in [0.05, 0.1) is 0 Å². The average Bonchev–Trinajstić information content (AvgIpc) is 3.53. The highest BCUT2D eigenvalue weighted by Crippen LogP contribution is 2.28. The molecule has 0 radical (unpaired) electrons. The summed E-state index contributed by atoms with van der Waals surface area (Å²) >= 11 is 0. The Balaban J connectivity index is 1.32. The zero-order valence-corrected chi connectivity index (χ0v) is 15.8. The highest BCUT2D eigenvalue weighted by atomic mass is 16.1. The summed E-state index contributed by atoms with van der Waals surface area (Å²) in [5.74, 6) is 2.58. The summed E-state index contributed by atoms with van der Waals surface area (Å²) in [4.78, 5) is 23.5. The van der Waals surface area contributed by atoms with Crippen LogP contribution in [0.1, 0.15) is 31.2 Å². The number of carbonyl (C=O) groups is 1. The second-order valence-corrected chi connectivity index (χ2v) is 7.68. The monoisotopic (exact) mass is 365 g/mol. The lowest BCUT2D eigenvalue weighted by molar-refractivity contribution is -0.125. The van der Waals surface area contributed by atoms with Crippen molar-refractivity contribution in [3.05, 3.63) is 42.1 Å². The van der Waals surface area contributed by atoms with E-state index in [1.165, 1.54) is 18.4 Å². The molecule has 2 heterocycles. The molecule has 1 saturated carbocycles. The van der Waals surface area contributed by atoms with Gasteiger partial charge in [-0.1, -0.05) is 17.7 Å². The van der Waals surface area contributed by atoms with Crippen molar-refractivity contribution in [2.75, 3.05) is 29.9 Å². The smallest absolute Gasteiger partial charge is 0.227 e. The standard InChI is InChI=1S/C21H27N5O/c1-15-2-6-18(7-3-15)24-19-8-11-22-21(25-19)26-12-9-17(10-13-26)20(27)23-14-16-4-5-16/h2-3,6-8,11,16-17H,4-5,9-10,12-14H2,1H3,(H,23,27)(H,22,24,25). The summed E-state index contributed by atoms with van der Waals surface area (Å²) in [6.45, 7) is 4.56. The topological polar surface area (TPSA) is 70.2 Å². The first kappa shape index (κ1) is 17.8. The van der Waals surface area contributed by atoms with Crippen LogP contribution in [0.25, 0.3) is 0 Å². The number of rotatable bonds is 6. The minimum absolute atomic E-state index is 0.119. The van der Waals surface area contributed by atoms with Gasteiger partial charge in [-0.25, -0.2) is 4.98 Å². The van der Waals surface area contributed by atoms with Gasteiger partial charge in [-0.15, -0.1) is 0 Å². The third-order valence-electron chi connectivity index (χ3n) is 5.38. The minimum Gasteiger partial charge on any atom is -0.356 e. The van der Waals surface area contributed by atoms with Crippen LogP contribution in [0, 0.1) is 18.8 Å². The van der Waals surface area contributed by atoms with Crippen molar-refractivity contribution in [1.82, 2.24) is 15.3 Å². The number of piperidine rings is 1. The van der Waals surface area contributed by atoms with Crippen LogP contribution in [0.2, 0.25) is 0 Å². The zero-order chi connectivity index (χ0) is 18.6. The zero-order valence-electron chi connectivity index (χ0n) is 15.8. The summed E-state index contributed by atoms with van der Waals surface area (Å²) in [7, 11) is 0. The van der Waals surface area contributed by atoms with Crippen LogP contribution in [0.3, 0.4) is 0 Å². The Kier molecular flexibility index (Phi) is 5.23. The van der Waals surface area contributed by atoms with Crippen LogP contribution in [-0.4, -0.2) is 35.5 Å². The van der Waals surface area contributed by atoms with E-state index < -0.39 is 0 Å². The average molecular weight is 365 g/mol. The number of aromatic nitrogens is 2. The van der Waals surface area contributed by atoms with Gasteiger partial charge >= 0.3 is 0 Å². The van der Waals surface area contributed by atoms with E-state index in [1.54, 1.807) is 6.20 Å². The summed E-state index contributed by atoms with van der Waals surface area (Å²) in [5.41, 5.74) is 2.24. The predicted molar refractivity (Wildman–Crippen MR) is 107 cm³/mol. The van der Waals surface area contributed by atoms with Crippen molar-refractivity contribution in [2.45, 2.75) is 32.6 Å². The number of nitrogens with one attached hydrogen (secondary N) is 2. The highest BCUT2D eigenvalue weighted by Gasteiger charge is 2.28. The summed E-state index contributed by atoms with van der Waals surface area (Å²) in [6.07, 6.45) is 6.03. The molecule has 2 aliphatic rings. The number of anilines is 3. The molecule has 27 heavy (non-hydrogen) atoms. The van der Waals surface area contributed by atoms with Crippen LogP contribution >= 0.6 is 0 Å². The molecule has 4 rings (SSSR count). The lowest BCUT2D eigenvalue weighted by Gasteiger charge is -2.31. The number of benzene rings is 1. The quantitative estimate of drug-likeness (QED) is 0.822. The molecular formula is C21H27N5O. The van der Waals surface area contributed by atoms with Gasteiger partial charge in [0, 0.05) is 37.4 Å². The van der Waals surface area contributed by atoms with Crippen molar-refractivity contribution in [1.29, 1.82) is 0 Å². The summed E-state index contributed by atoms with van der Waals surface area (Å²) in [6, 6.07) is 10.1. The van der Waals surface area contributed by atoms with Crippen molar-refractivity contribution < 1.29 is 4.79 Å². The minimum atomic E-state index is 0.119. The molecule has 1 aliphatic carbocycles. The van der Waals surface area contributed by atoms with Gasteiger partial charge in [0.1, 0.15) is 5.82 Å². The van der Waals surface area contributed by atoms with Gasteiger partial charge < -0.3 is 15.5 Å². The van der Waals surface area contributed by atoms with E-state index in [0.717, 1.165) is 55.8 Å². The molecule has 2 N–H and O–H groups in total. The van der Waals surface area contributed by atoms with Crippen molar-refractivity contribution in [3.63, 3.8) is 0 Å². The van der Waals surface area contributed by atoms with E-state index >= 15 is 0 Å². The number of hydrogen-bond donors (Lipinski definition) is 2. The molecule has 0 spiro atoms. The van der Waals surface area contributed by atoms with Gasteiger partial charge in [0.25, 0.3) is 0 Å². The maximum atomic E-state index is 12.3. The molecule has 1 aromatic carbocycles. The Bertz CT molecular complexity index is 779. The van der Waals surface area contributed by atoms with Gasteiger partial charge in [-0.05, 0) is 56.7 Å². The molecule has 6 nitrogen and oxygen atoms in total. The molecule has 1 amide bonds. The first-order chi connectivity index (χ1) is 13.2. The Morgan fingerprint density at radius 2 is 1.85 bits per heavy atom. The van der Waals surface area contributed by atoms with Crippen LogP contribution in [-0.2, 0) is 4.79 Å². The lowest BCUT2D eigenvalue weighted by atomic mass is 9.96.